The summed E-state index contributed by atoms with van der Waals surface area (Å²) in [4.78, 5) is 21.4. The second-order valence-corrected chi connectivity index (χ2v) is 3.03. The van der Waals surface area contributed by atoms with E-state index < -0.39 is 11.9 Å². The average Bonchev–Trinajstić information content (AvgIpc) is 2.17. The zero-order valence-electron chi connectivity index (χ0n) is 8.01. The van der Waals surface area contributed by atoms with E-state index in [1.807, 2.05) is 6.07 Å². The molecule has 0 radical (unpaired) electrons. The third kappa shape index (κ3) is 3.64. The highest BCUT2D eigenvalue weighted by atomic mass is 16.4. The predicted molar refractivity (Wildman–Crippen MR) is 55.9 cm³/mol. The van der Waals surface area contributed by atoms with Gasteiger partial charge >= 0.3 is 5.97 Å². The van der Waals surface area contributed by atoms with Crippen LogP contribution in [0.2, 0.25) is 0 Å². The number of hydrogen-bond donors (Lipinski definition) is 2. The smallest absolute Gasteiger partial charge is 0.332 e. The van der Waals surface area contributed by atoms with Crippen LogP contribution in [0.5, 0.6) is 0 Å². The molecule has 1 aromatic carbocycles. The topological polar surface area (TPSA) is 80.4 Å². The molecular formula is C11H11NO3. The van der Waals surface area contributed by atoms with E-state index in [4.69, 9.17) is 10.8 Å². The molecular weight excluding hydrogens is 194 g/mol. The lowest BCUT2D eigenvalue weighted by Gasteiger charge is -1.99. The molecule has 78 valence electrons. The van der Waals surface area contributed by atoms with Gasteiger partial charge in [-0.2, -0.15) is 0 Å². The van der Waals surface area contributed by atoms with E-state index in [9.17, 15) is 9.59 Å². The molecule has 1 rings (SSSR count). The molecule has 1 aromatic rings. The molecule has 0 unspecified atom stereocenters. The molecule has 4 nitrogen and oxygen atoms in total. The molecule has 0 atom stereocenters. The lowest BCUT2D eigenvalue weighted by molar-refractivity contribution is -0.133. The second kappa shape index (κ2) is 4.95. The van der Waals surface area contributed by atoms with Gasteiger partial charge in [-0.25, -0.2) is 4.79 Å². The molecule has 0 aromatic heterocycles. The first-order chi connectivity index (χ1) is 7.09. The van der Waals surface area contributed by atoms with Crippen molar-refractivity contribution >= 4 is 18.0 Å². The zero-order chi connectivity index (χ0) is 11.3. The fraction of sp³-hybridized carbons (Fsp3) is 0.0909. The van der Waals surface area contributed by atoms with Crippen LogP contribution in [-0.4, -0.2) is 17.0 Å². The molecule has 0 aliphatic heterocycles. The number of carbonyl (C=O) groups excluding carboxylic acids is 1. The third-order valence-corrected chi connectivity index (χ3v) is 1.78. The first-order valence-corrected chi connectivity index (χ1v) is 4.37. The van der Waals surface area contributed by atoms with Crippen molar-refractivity contribution in [2.75, 3.05) is 0 Å². The maximum absolute atomic E-state index is 10.8. The molecule has 0 fully saturated rings. The van der Waals surface area contributed by atoms with Crippen molar-refractivity contribution in [2.45, 2.75) is 6.42 Å². The normalized spacial score (nSPS) is 11.1. The number of hydrogen-bond acceptors (Lipinski definition) is 2. The van der Waals surface area contributed by atoms with Crippen molar-refractivity contribution in [1.82, 2.24) is 0 Å². The largest absolute Gasteiger partial charge is 0.478 e. The SMILES string of the molecule is NC(=O)C/C(=C/c1ccccc1)C(=O)O. The van der Waals surface area contributed by atoms with Crippen LogP contribution < -0.4 is 5.73 Å². The fourth-order valence-corrected chi connectivity index (χ4v) is 1.13. The summed E-state index contributed by atoms with van der Waals surface area (Å²) >= 11 is 0. The summed E-state index contributed by atoms with van der Waals surface area (Å²) in [6.07, 6.45) is 1.18. The van der Waals surface area contributed by atoms with Gasteiger partial charge in [0.1, 0.15) is 0 Å². The highest BCUT2D eigenvalue weighted by Gasteiger charge is 2.10. The van der Waals surface area contributed by atoms with E-state index >= 15 is 0 Å². The van der Waals surface area contributed by atoms with Crippen molar-refractivity contribution in [3.63, 3.8) is 0 Å². The number of carboxylic acid groups (broad SMARTS) is 1. The predicted octanol–water partition coefficient (Wildman–Crippen LogP) is 1.03. The van der Waals surface area contributed by atoms with Gasteiger partial charge in [0.15, 0.2) is 0 Å². The van der Waals surface area contributed by atoms with E-state index in [0.717, 1.165) is 5.56 Å². The van der Waals surface area contributed by atoms with Gasteiger partial charge in [-0.15, -0.1) is 0 Å². The Kier molecular flexibility index (Phi) is 3.62. The summed E-state index contributed by atoms with van der Waals surface area (Å²) < 4.78 is 0. The number of amides is 1. The van der Waals surface area contributed by atoms with Gasteiger partial charge in [0.05, 0.1) is 6.42 Å². The minimum absolute atomic E-state index is 0.00583. The Bertz CT molecular complexity index is 396. The van der Waals surface area contributed by atoms with Crippen LogP contribution in [0.4, 0.5) is 0 Å². The van der Waals surface area contributed by atoms with Crippen molar-refractivity contribution in [2.24, 2.45) is 5.73 Å². The molecule has 1 amide bonds. The van der Waals surface area contributed by atoms with E-state index in [0.29, 0.717) is 0 Å². The molecule has 3 N–H and O–H groups in total. The Morgan fingerprint density at radius 2 is 1.87 bits per heavy atom. The second-order valence-electron chi connectivity index (χ2n) is 3.03. The zero-order valence-corrected chi connectivity index (χ0v) is 8.01. The number of nitrogens with two attached hydrogens (primary N) is 1. The summed E-state index contributed by atoms with van der Waals surface area (Å²) in [5.41, 5.74) is 5.67. The van der Waals surface area contributed by atoms with Gasteiger partial charge in [0.25, 0.3) is 0 Å². The molecule has 0 spiro atoms. The molecule has 0 saturated carbocycles. The highest BCUT2D eigenvalue weighted by Crippen LogP contribution is 2.09. The number of carboxylic acids is 1. The Hall–Kier alpha value is -2.10. The number of benzene rings is 1. The van der Waals surface area contributed by atoms with Crippen molar-refractivity contribution in [3.8, 4) is 0 Å². The number of rotatable bonds is 4. The molecule has 15 heavy (non-hydrogen) atoms. The third-order valence-electron chi connectivity index (χ3n) is 1.78. The van der Waals surface area contributed by atoms with Crippen molar-refractivity contribution < 1.29 is 14.7 Å². The van der Waals surface area contributed by atoms with Crippen LogP contribution in [0.3, 0.4) is 0 Å². The van der Waals surface area contributed by atoms with Crippen LogP contribution in [0, 0.1) is 0 Å². The summed E-state index contributed by atoms with van der Waals surface area (Å²) in [6, 6.07) is 8.91. The molecule has 0 aliphatic rings. The summed E-state index contributed by atoms with van der Waals surface area (Å²) in [5, 5.41) is 8.81. The standard InChI is InChI=1S/C11H11NO3/c12-10(13)7-9(11(14)15)6-8-4-2-1-3-5-8/h1-6H,7H2,(H2,12,13)(H,14,15)/b9-6-. The maximum Gasteiger partial charge on any atom is 0.332 e. The molecule has 0 aliphatic carbocycles. The summed E-state index contributed by atoms with van der Waals surface area (Å²) in [7, 11) is 0. The lowest BCUT2D eigenvalue weighted by atomic mass is 10.1. The van der Waals surface area contributed by atoms with Crippen molar-refractivity contribution in [3.05, 3.63) is 41.5 Å². The van der Waals surface area contributed by atoms with E-state index in [1.54, 1.807) is 24.3 Å². The Labute approximate surface area is 87.0 Å². The molecule has 0 bridgehead atoms. The van der Waals surface area contributed by atoms with Gasteiger partial charge in [-0.1, -0.05) is 30.3 Å². The van der Waals surface area contributed by atoms with Gasteiger partial charge in [-0.05, 0) is 11.6 Å². The molecule has 0 heterocycles. The van der Waals surface area contributed by atoms with Crippen LogP contribution >= 0.6 is 0 Å². The first kappa shape index (κ1) is 11.0. The maximum atomic E-state index is 10.8. The van der Waals surface area contributed by atoms with Crippen LogP contribution in [0.25, 0.3) is 6.08 Å². The summed E-state index contributed by atoms with van der Waals surface area (Å²) in [5.74, 6) is -1.78. The van der Waals surface area contributed by atoms with Crippen molar-refractivity contribution in [1.29, 1.82) is 0 Å². The lowest BCUT2D eigenvalue weighted by Crippen LogP contribution is -2.14. The summed E-state index contributed by atoms with van der Waals surface area (Å²) in [6.45, 7) is 0. The van der Waals surface area contributed by atoms with Crippen LogP contribution in [0.15, 0.2) is 35.9 Å². The highest BCUT2D eigenvalue weighted by molar-refractivity contribution is 5.97. The monoisotopic (exact) mass is 205 g/mol. The van der Waals surface area contributed by atoms with E-state index in [2.05, 4.69) is 0 Å². The Balaban J connectivity index is 2.94. The number of aliphatic carboxylic acids is 1. The van der Waals surface area contributed by atoms with Gasteiger partial charge in [0.2, 0.25) is 5.91 Å². The van der Waals surface area contributed by atoms with Crippen LogP contribution in [0.1, 0.15) is 12.0 Å². The molecule has 4 heteroatoms. The van der Waals surface area contributed by atoms with Gasteiger partial charge in [0, 0.05) is 5.57 Å². The van der Waals surface area contributed by atoms with E-state index in [1.165, 1.54) is 6.08 Å². The fourth-order valence-electron chi connectivity index (χ4n) is 1.13. The Morgan fingerprint density at radius 1 is 1.27 bits per heavy atom. The number of carbonyl (C=O) groups is 2. The Morgan fingerprint density at radius 3 is 2.33 bits per heavy atom. The van der Waals surface area contributed by atoms with Crippen LogP contribution in [-0.2, 0) is 9.59 Å². The minimum Gasteiger partial charge on any atom is -0.478 e. The first-order valence-electron chi connectivity index (χ1n) is 4.37. The van der Waals surface area contributed by atoms with Gasteiger partial charge < -0.3 is 10.8 Å². The quantitative estimate of drug-likeness (QED) is 0.720. The average molecular weight is 205 g/mol. The molecule has 0 saturated heterocycles. The minimum atomic E-state index is -1.13. The van der Waals surface area contributed by atoms with E-state index in [-0.39, 0.29) is 12.0 Å². The number of primary amides is 1. The van der Waals surface area contributed by atoms with Gasteiger partial charge in [-0.3, -0.25) is 4.79 Å².